The fourth-order valence-corrected chi connectivity index (χ4v) is 2.24. The van der Waals surface area contributed by atoms with E-state index < -0.39 is 0 Å². The summed E-state index contributed by atoms with van der Waals surface area (Å²) >= 11 is 10.9. The molecule has 0 heterocycles. The average Bonchev–Trinajstić information content (AvgIpc) is 3.11. The lowest BCUT2D eigenvalue weighted by Crippen LogP contribution is -2.24. The lowest BCUT2D eigenvalue weighted by molar-refractivity contribution is -0.119. The predicted molar refractivity (Wildman–Crippen MR) is 77.9 cm³/mol. The van der Waals surface area contributed by atoms with Crippen LogP contribution in [-0.2, 0) is 4.79 Å². The van der Waals surface area contributed by atoms with Crippen molar-refractivity contribution in [1.29, 1.82) is 0 Å². The minimum atomic E-state index is -0.00253. The Balaban J connectivity index is 2.18. The molecule has 1 atom stereocenters. The lowest BCUT2D eigenvalue weighted by atomic mass is 10.1. The van der Waals surface area contributed by atoms with Crippen molar-refractivity contribution in [1.82, 2.24) is 0 Å². The zero-order valence-electron chi connectivity index (χ0n) is 10.1. The maximum Gasteiger partial charge on any atom is 0.227 e. The van der Waals surface area contributed by atoms with Gasteiger partial charge in [0, 0.05) is 16.5 Å². The van der Waals surface area contributed by atoms with Gasteiger partial charge in [0.05, 0.1) is 5.69 Å². The van der Waals surface area contributed by atoms with Gasteiger partial charge in [0.2, 0.25) is 5.91 Å². The van der Waals surface area contributed by atoms with Crippen LogP contribution in [0, 0.1) is 11.8 Å². The number of hydrogen-bond donors (Lipinski definition) is 2. The predicted octanol–water partition coefficient (Wildman–Crippen LogP) is 2.96. The van der Waals surface area contributed by atoms with Crippen LogP contribution in [0.25, 0.3) is 0 Å². The van der Waals surface area contributed by atoms with Crippen molar-refractivity contribution in [3.63, 3.8) is 0 Å². The third-order valence-corrected chi connectivity index (χ3v) is 3.70. The van der Waals surface area contributed by atoms with Gasteiger partial charge in [-0.05, 0) is 37.0 Å². The average molecular weight is 283 g/mol. The maximum absolute atomic E-state index is 12.0. The summed E-state index contributed by atoms with van der Waals surface area (Å²) in [6.45, 7) is 1.94. The van der Waals surface area contributed by atoms with Gasteiger partial charge in [-0.1, -0.05) is 30.7 Å². The summed E-state index contributed by atoms with van der Waals surface area (Å²) in [5, 5.41) is 3.41. The molecule has 1 saturated carbocycles. The number of carbonyl (C=O) groups is 1. The molecule has 0 spiro atoms. The van der Waals surface area contributed by atoms with Crippen molar-refractivity contribution in [2.45, 2.75) is 19.8 Å². The zero-order valence-corrected chi connectivity index (χ0v) is 11.6. The number of nitrogens with one attached hydrogen (secondary N) is 1. The highest BCUT2D eigenvalue weighted by atomic mass is 35.5. The summed E-state index contributed by atoms with van der Waals surface area (Å²) in [7, 11) is 0. The van der Waals surface area contributed by atoms with Gasteiger partial charge in [-0.3, -0.25) is 4.79 Å². The van der Waals surface area contributed by atoms with Gasteiger partial charge in [-0.2, -0.15) is 0 Å². The van der Waals surface area contributed by atoms with Crippen LogP contribution >= 0.6 is 23.8 Å². The summed E-state index contributed by atoms with van der Waals surface area (Å²) < 4.78 is 0. The number of carbonyl (C=O) groups excluding carboxylic acids is 1. The van der Waals surface area contributed by atoms with E-state index in [4.69, 9.17) is 29.6 Å². The van der Waals surface area contributed by atoms with Gasteiger partial charge in [0.15, 0.2) is 0 Å². The van der Waals surface area contributed by atoms with Crippen molar-refractivity contribution in [3.8, 4) is 0 Å². The van der Waals surface area contributed by atoms with E-state index in [1.165, 1.54) is 0 Å². The normalized spacial score (nSPS) is 16.1. The fourth-order valence-electron chi connectivity index (χ4n) is 1.89. The van der Waals surface area contributed by atoms with Crippen LogP contribution in [0.2, 0.25) is 5.02 Å². The molecule has 1 fully saturated rings. The Bertz CT molecular complexity index is 500. The molecule has 18 heavy (non-hydrogen) atoms. The largest absolute Gasteiger partial charge is 0.389 e. The Morgan fingerprint density at radius 2 is 2.22 bits per heavy atom. The van der Waals surface area contributed by atoms with E-state index in [2.05, 4.69) is 5.32 Å². The van der Waals surface area contributed by atoms with Crippen LogP contribution in [-0.4, -0.2) is 10.9 Å². The smallest absolute Gasteiger partial charge is 0.227 e. The Hall–Kier alpha value is -1.13. The molecule has 1 amide bonds. The van der Waals surface area contributed by atoms with Crippen molar-refractivity contribution in [2.24, 2.45) is 17.6 Å². The number of amides is 1. The standard InChI is InChI=1S/C13H15ClN2OS/c1-7(8-2-3-8)13(17)16-11-6-9(14)4-5-10(11)12(15)18/h4-8H,2-3H2,1H3,(H2,15,18)(H,16,17). The summed E-state index contributed by atoms with van der Waals surface area (Å²) in [5.41, 5.74) is 6.86. The fraction of sp³-hybridized carbons (Fsp3) is 0.385. The second-order valence-corrected chi connectivity index (χ2v) is 5.55. The highest BCUT2D eigenvalue weighted by Crippen LogP contribution is 2.37. The number of nitrogens with two attached hydrogens (primary N) is 1. The van der Waals surface area contributed by atoms with Crippen LogP contribution in [0.1, 0.15) is 25.3 Å². The van der Waals surface area contributed by atoms with E-state index in [0.717, 1.165) is 12.8 Å². The van der Waals surface area contributed by atoms with E-state index in [-0.39, 0.29) is 16.8 Å². The maximum atomic E-state index is 12.0. The van der Waals surface area contributed by atoms with Crippen molar-refractivity contribution >= 4 is 40.4 Å². The summed E-state index contributed by atoms with van der Waals surface area (Å²) in [4.78, 5) is 12.3. The molecule has 3 N–H and O–H groups in total. The molecule has 1 aromatic rings. The third kappa shape index (κ3) is 3.00. The second kappa shape index (κ2) is 5.24. The Morgan fingerprint density at radius 3 is 2.78 bits per heavy atom. The number of thiocarbonyl (C=S) groups is 1. The zero-order chi connectivity index (χ0) is 13.3. The number of benzene rings is 1. The molecular formula is C13H15ClN2OS. The first-order chi connectivity index (χ1) is 8.49. The van der Waals surface area contributed by atoms with Crippen LogP contribution in [0.5, 0.6) is 0 Å². The van der Waals surface area contributed by atoms with Gasteiger partial charge in [-0.25, -0.2) is 0 Å². The van der Waals surface area contributed by atoms with E-state index in [1.807, 2.05) is 6.92 Å². The molecule has 1 aliphatic carbocycles. The number of hydrogen-bond acceptors (Lipinski definition) is 2. The molecule has 1 aromatic carbocycles. The van der Waals surface area contributed by atoms with Gasteiger partial charge >= 0.3 is 0 Å². The highest BCUT2D eigenvalue weighted by Gasteiger charge is 2.32. The first-order valence-electron chi connectivity index (χ1n) is 5.89. The quantitative estimate of drug-likeness (QED) is 0.835. The Morgan fingerprint density at radius 1 is 1.56 bits per heavy atom. The highest BCUT2D eigenvalue weighted by molar-refractivity contribution is 7.80. The molecule has 1 aliphatic rings. The summed E-state index contributed by atoms with van der Waals surface area (Å²) in [5.74, 6) is 0.526. The van der Waals surface area contributed by atoms with Crippen molar-refractivity contribution in [3.05, 3.63) is 28.8 Å². The minimum Gasteiger partial charge on any atom is -0.389 e. The van der Waals surface area contributed by atoms with E-state index in [0.29, 0.717) is 22.2 Å². The van der Waals surface area contributed by atoms with Crippen LogP contribution in [0.15, 0.2) is 18.2 Å². The molecule has 0 aromatic heterocycles. The van der Waals surface area contributed by atoms with E-state index >= 15 is 0 Å². The number of anilines is 1. The van der Waals surface area contributed by atoms with E-state index in [1.54, 1.807) is 18.2 Å². The summed E-state index contributed by atoms with van der Waals surface area (Å²) in [6, 6.07) is 5.10. The molecule has 0 saturated heterocycles. The monoisotopic (exact) mass is 282 g/mol. The molecule has 5 heteroatoms. The molecule has 0 radical (unpaired) electrons. The topological polar surface area (TPSA) is 55.1 Å². The van der Waals surface area contributed by atoms with E-state index in [9.17, 15) is 4.79 Å². The first kappa shape index (κ1) is 13.3. The van der Waals surface area contributed by atoms with Gasteiger partial charge in [0.1, 0.15) is 4.99 Å². The van der Waals surface area contributed by atoms with Gasteiger partial charge in [0.25, 0.3) is 0 Å². The molecule has 0 bridgehead atoms. The molecule has 2 rings (SSSR count). The Labute approximate surface area is 117 Å². The van der Waals surface area contributed by atoms with Gasteiger partial charge < -0.3 is 11.1 Å². The van der Waals surface area contributed by atoms with Crippen LogP contribution in [0.3, 0.4) is 0 Å². The van der Waals surface area contributed by atoms with Crippen LogP contribution in [0.4, 0.5) is 5.69 Å². The number of halogens is 1. The summed E-state index contributed by atoms with van der Waals surface area (Å²) in [6.07, 6.45) is 2.26. The molecule has 1 unspecified atom stereocenters. The SMILES string of the molecule is CC(C(=O)Nc1cc(Cl)ccc1C(N)=S)C1CC1. The molecule has 3 nitrogen and oxygen atoms in total. The lowest BCUT2D eigenvalue weighted by Gasteiger charge is -2.14. The molecule has 96 valence electrons. The number of rotatable bonds is 4. The molecule has 0 aliphatic heterocycles. The second-order valence-electron chi connectivity index (χ2n) is 4.67. The third-order valence-electron chi connectivity index (χ3n) is 3.25. The Kier molecular flexibility index (Phi) is 3.88. The van der Waals surface area contributed by atoms with Crippen molar-refractivity contribution in [2.75, 3.05) is 5.32 Å². The minimum absolute atomic E-state index is 0.00253. The van der Waals surface area contributed by atoms with Crippen molar-refractivity contribution < 1.29 is 4.79 Å². The first-order valence-corrected chi connectivity index (χ1v) is 6.68. The van der Waals surface area contributed by atoms with Crippen LogP contribution < -0.4 is 11.1 Å². The molecular weight excluding hydrogens is 268 g/mol. The van der Waals surface area contributed by atoms with Gasteiger partial charge in [-0.15, -0.1) is 0 Å².